The molecule has 4 rings (SSSR count). The summed E-state index contributed by atoms with van der Waals surface area (Å²) in [5.41, 5.74) is 3.66. The SMILES string of the molecule is Cc1csc2nc(-c3ccc(NC(=O)c4cccc([N+](=O)[O-])c4)cc3)cn12. The Morgan fingerprint density at radius 2 is 2.00 bits per heavy atom. The third-order valence-corrected chi connectivity index (χ3v) is 5.10. The van der Waals surface area contributed by atoms with Gasteiger partial charge in [0.25, 0.3) is 11.6 Å². The summed E-state index contributed by atoms with van der Waals surface area (Å²) in [4.78, 5) is 28.2. The first-order valence-corrected chi connectivity index (χ1v) is 8.99. The highest BCUT2D eigenvalue weighted by Crippen LogP contribution is 2.25. The van der Waals surface area contributed by atoms with Crippen LogP contribution in [0.15, 0.2) is 60.1 Å². The summed E-state index contributed by atoms with van der Waals surface area (Å²) in [5, 5.41) is 15.6. The first-order chi connectivity index (χ1) is 13.0. The Balaban J connectivity index is 1.53. The van der Waals surface area contributed by atoms with Gasteiger partial charge in [0, 0.05) is 46.2 Å². The zero-order chi connectivity index (χ0) is 19.0. The van der Waals surface area contributed by atoms with Crippen molar-refractivity contribution in [1.29, 1.82) is 0 Å². The molecular formula is C19H14N4O3S. The Hall–Kier alpha value is -3.52. The van der Waals surface area contributed by atoms with Crippen LogP contribution >= 0.6 is 11.3 Å². The molecule has 2 heterocycles. The van der Waals surface area contributed by atoms with E-state index in [1.165, 1.54) is 24.3 Å². The summed E-state index contributed by atoms with van der Waals surface area (Å²) >= 11 is 1.59. The van der Waals surface area contributed by atoms with Crippen LogP contribution in [0.3, 0.4) is 0 Å². The summed E-state index contributed by atoms with van der Waals surface area (Å²) in [6, 6.07) is 13.0. The molecule has 0 radical (unpaired) electrons. The average Bonchev–Trinajstić information content (AvgIpc) is 3.25. The van der Waals surface area contributed by atoms with Crippen molar-refractivity contribution in [2.45, 2.75) is 6.92 Å². The molecule has 1 amide bonds. The van der Waals surface area contributed by atoms with Crippen molar-refractivity contribution >= 4 is 33.6 Å². The molecule has 0 fully saturated rings. The van der Waals surface area contributed by atoms with Gasteiger partial charge in [0.2, 0.25) is 0 Å². The van der Waals surface area contributed by atoms with Crippen molar-refractivity contribution in [3.8, 4) is 11.3 Å². The summed E-state index contributed by atoms with van der Waals surface area (Å²) in [6.07, 6.45) is 1.98. The van der Waals surface area contributed by atoms with Gasteiger partial charge >= 0.3 is 0 Å². The van der Waals surface area contributed by atoms with Crippen LogP contribution in [0, 0.1) is 17.0 Å². The van der Waals surface area contributed by atoms with Gasteiger partial charge in [0.1, 0.15) is 0 Å². The molecule has 27 heavy (non-hydrogen) atoms. The van der Waals surface area contributed by atoms with Crippen LogP contribution in [0.1, 0.15) is 16.1 Å². The number of aromatic nitrogens is 2. The van der Waals surface area contributed by atoms with E-state index >= 15 is 0 Å². The first-order valence-electron chi connectivity index (χ1n) is 8.11. The number of carbonyl (C=O) groups excluding carboxylic acids is 1. The third kappa shape index (κ3) is 3.30. The van der Waals surface area contributed by atoms with Crippen LogP contribution in [-0.2, 0) is 0 Å². The number of thiazole rings is 1. The number of aryl methyl sites for hydroxylation is 1. The Bertz CT molecular complexity index is 1160. The van der Waals surface area contributed by atoms with Crippen molar-refractivity contribution in [2.75, 3.05) is 5.32 Å². The normalized spacial score (nSPS) is 10.9. The van der Waals surface area contributed by atoms with Gasteiger partial charge in [0.15, 0.2) is 4.96 Å². The van der Waals surface area contributed by atoms with E-state index in [0.717, 1.165) is 21.9 Å². The Labute approximate surface area is 158 Å². The fraction of sp³-hybridized carbons (Fsp3) is 0.0526. The highest BCUT2D eigenvalue weighted by molar-refractivity contribution is 7.15. The molecule has 0 atom stereocenters. The molecule has 8 heteroatoms. The van der Waals surface area contributed by atoms with E-state index in [4.69, 9.17) is 0 Å². The van der Waals surface area contributed by atoms with Gasteiger partial charge in [-0.1, -0.05) is 18.2 Å². The number of nitro benzene ring substituents is 1. The van der Waals surface area contributed by atoms with E-state index in [-0.39, 0.29) is 11.3 Å². The number of anilines is 1. The minimum absolute atomic E-state index is 0.118. The van der Waals surface area contributed by atoms with E-state index in [2.05, 4.69) is 15.7 Å². The minimum atomic E-state index is -0.525. The molecule has 134 valence electrons. The molecule has 0 spiro atoms. The second-order valence-corrected chi connectivity index (χ2v) is 6.83. The van der Waals surface area contributed by atoms with E-state index in [9.17, 15) is 14.9 Å². The largest absolute Gasteiger partial charge is 0.322 e. The monoisotopic (exact) mass is 378 g/mol. The lowest BCUT2D eigenvalue weighted by Gasteiger charge is -2.06. The molecule has 0 aliphatic rings. The van der Waals surface area contributed by atoms with Crippen LogP contribution in [0.5, 0.6) is 0 Å². The third-order valence-electron chi connectivity index (χ3n) is 4.15. The summed E-state index contributed by atoms with van der Waals surface area (Å²) in [6.45, 7) is 2.03. The maximum absolute atomic E-state index is 12.3. The lowest BCUT2D eigenvalue weighted by molar-refractivity contribution is -0.384. The van der Waals surface area contributed by atoms with Crippen LogP contribution in [-0.4, -0.2) is 20.2 Å². The van der Waals surface area contributed by atoms with E-state index in [0.29, 0.717) is 5.69 Å². The van der Waals surface area contributed by atoms with Crippen LogP contribution in [0.25, 0.3) is 16.2 Å². The molecule has 0 saturated carbocycles. The number of nitrogens with zero attached hydrogens (tertiary/aromatic N) is 3. The molecule has 4 aromatic rings. The summed E-state index contributed by atoms with van der Waals surface area (Å²) in [5.74, 6) is -0.399. The highest BCUT2D eigenvalue weighted by Gasteiger charge is 2.12. The Morgan fingerprint density at radius 1 is 1.22 bits per heavy atom. The molecule has 1 N–H and O–H groups in total. The van der Waals surface area contributed by atoms with Gasteiger partial charge in [-0.3, -0.25) is 19.3 Å². The van der Waals surface area contributed by atoms with Crippen molar-refractivity contribution in [3.63, 3.8) is 0 Å². The summed E-state index contributed by atoms with van der Waals surface area (Å²) < 4.78 is 2.04. The lowest BCUT2D eigenvalue weighted by atomic mass is 10.1. The number of hydrogen-bond acceptors (Lipinski definition) is 5. The molecule has 7 nitrogen and oxygen atoms in total. The van der Waals surface area contributed by atoms with Gasteiger partial charge in [-0.25, -0.2) is 4.98 Å². The molecule has 0 aliphatic heterocycles. The average molecular weight is 378 g/mol. The number of carbonyl (C=O) groups is 1. The van der Waals surface area contributed by atoms with Gasteiger partial charge in [-0.15, -0.1) is 11.3 Å². The number of nitrogens with one attached hydrogen (secondary N) is 1. The number of fused-ring (bicyclic) bond motifs is 1. The summed E-state index contributed by atoms with van der Waals surface area (Å²) in [7, 11) is 0. The Kier molecular flexibility index (Phi) is 4.17. The predicted octanol–water partition coefficient (Wildman–Crippen LogP) is 4.53. The quantitative estimate of drug-likeness (QED) is 0.417. The topological polar surface area (TPSA) is 89.5 Å². The van der Waals surface area contributed by atoms with Gasteiger partial charge in [-0.05, 0) is 25.1 Å². The molecular weight excluding hydrogens is 364 g/mol. The lowest BCUT2D eigenvalue weighted by Crippen LogP contribution is -2.11. The maximum Gasteiger partial charge on any atom is 0.270 e. The first kappa shape index (κ1) is 16.9. The Morgan fingerprint density at radius 3 is 2.70 bits per heavy atom. The number of amides is 1. The maximum atomic E-state index is 12.3. The van der Waals surface area contributed by atoms with Crippen molar-refractivity contribution < 1.29 is 9.72 Å². The van der Waals surface area contributed by atoms with Gasteiger partial charge in [-0.2, -0.15) is 0 Å². The number of hydrogen-bond donors (Lipinski definition) is 1. The molecule has 2 aromatic carbocycles. The predicted molar refractivity (Wildman–Crippen MR) is 104 cm³/mol. The van der Waals surface area contributed by atoms with E-state index in [1.807, 2.05) is 29.7 Å². The van der Waals surface area contributed by atoms with Crippen molar-refractivity contribution in [1.82, 2.24) is 9.38 Å². The number of nitro groups is 1. The number of benzene rings is 2. The van der Waals surface area contributed by atoms with Crippen molar-refractivity contribution in [3.05, 3.63) is 81.5 Å². The van der Waals surface area contributed by atoms with Gasteiger partial charge < -0.3 is 5.32 Å². The van der Waals surface area contributed by atoms with Crippen LogP contribution in [0.4, 0.5) is 11.4 Å². The highest BCUT2D eigenvalue weighted by atomic mass is 32.1. The van der Waals surface area contributed by atoms with Crippen LogP contribution in [0.2, 0.25) is 0 Å². The number of imidazole rings is 1. The fourth-order valence-corrected chi connectivity index (χ4v) is 3.57. The molecule has 2 aromatic heterocycles. The zero-order valence-electron chi connectivity index (χ0n) is 14.2. The van der Waals surface area contributed by atoms with Crippen LogP contribution < -0.4 is 5.32 Å². The molecule has 0 unspecified atom stereocenters. The fourth-order valence-electron chi connectivity index (χ4n) is 2.72. The molecule has 0 saturated heterocycles. The standard InChI is InChI=1S/C19H14N4O3S/c1-12-11-27-19-21-17(10-22(12)19)13-5-7-15(8-6-13)20-18(24)14-3-2-4-16(9-14)23(25)26/h2-11H,1H3,(H,20,24). The second-order valence-electron chi connectivity index (χ2n) is 5.99. The van der Waals surface area contributed by atoms with E-state index < -0.39 is 10.8 Å². The molecule has 0 aliphatic carbocycles. The number of rotatable bonds is 4. The minimum Gasteiger partial charge on any atom is -0.322 e. The zero-order valence-corrected chi connectivity index (χ0v) is 15.1. The van der Waals surface area contributed by atoms with Gasteiger partial charge in [0.05, 0.1) is 10.6 Å². The van der Waals surface area contributed by atoms with E-state index in [1.54, 1.807) is 23.5 Å². The smallest absolute Gasteiger partial charge is 0.270 e. The second kappa shape index (κ2) is 6.65. The van der Waals surface area contributed by atoms with Crippen molar-refractivity contribution in [2.24, 2.45) is 0 Å². The molecule has 0 bridgehead atoms. The number of non-ortho nitro benzene ring substituents is 1.